The van der Waals surface area contributed by atoms with Gasteiger partial charge in [-0.15, -0.1) is 12.4 Å². The van der Waals surface area contributed by atoms with Crippen molar-refractivity contribution in [3.63, 3.8) is 0 Å². The maximum atomic E-state index is 14.0. The largest absolute Gasteiger partial charge is 0.330 e. The number of likely N-dealkylation sites (tertiary alicyclic amines) is 1. The number of benzene rings is 2. The van der Waals surface area contributed by atoms with Crippen LogP contribution in [0.3, 0.4) is 0 Å². The van der Waals surface area contributed by atoms with Gasteiger partial charge in [0.25, 0.3) is 0 Å². The fraction of sp³-hybridized carbons (Fsp3) is 0.333. The van der Waals surface area contributed by atoms with Gasteiger partial charge < -0.3 is 5.73 Å². The predicted molar refractivity (Wildman–Crippen MR) is 98.4 cm³/mol. The van der Waals surface area contributed by atoms with E-state index in [1.54, 1.807) is 0 Å². The Bertz CT molecular complexity index is 638. The molecule has 1 saturated heterocycles. The molecule has 2 N–H and O–H groups in total. The third kappa shape index (κ3) is 4.32. The van der Waals surface area contributed by atoms with Crippen LogP contribution in [0.1, 0.15) is 17.0 Å². The molecule has 5 heteroatoms. The highest BCUT2D eigenvalue weighted by atomic mass is 79.9. The highest BCUT2D eigenvalue weighted by molar-refractivity contribution is 9.10. The van der Waals surface area contributed by atoms with Gasteiger partial charge in [0.2, 0.25) is 0 Å². The Balaban J connectivity index is 0.00000192. The minimum atomic E-state index is -0.151. The summed E-state index contributed by atoms with van der Waals surface area (Å²) in [5.41, 5.74) is 8.03. The van der Waals surface area contributed by atoms with Crippen LogP contribution >= 0.6 is 28.3 Å². The summed E-state index contributed by atoms with van der Waals surface area (Å²) in [5.74, 6) is 0.715. The predicted octanol–water partition coefficient (Wildman–Crippen LogP) is 4.18. The van der Waals surface area contributed by atoms with Gasteiger partial charge in [-0.25, -0.2) is 4.39 Å². The van der Waals surface area contributed by atoms with Crippen molar-refractivity contribution in [3.05, 3.63) is 69.9 Å². The summed E-state index contributed by atoms with van der Waals surface area (Å²) in [7, 11) is 0. The van der Waals surface area contributed by atoms with E-state index in [1.165, 1.54) is 11.6 Å². The lowest BCUT2D eigenvalue weighted by Crippen LogP contribution is -2.23. The van der Waals surface area contributed by atoms with Gasteiger partial charge >= 0.3 is 0 Å². The van der Waals surface area contributed by atoms with Crippen LogP contribution in [0.25, 0.3) is 0 Å². The molecule has 0 radical (unpaired) electrons. The smallest absolute Gasteiger partial charge is 0.128 e. The van der Waals surface area contributed by atoms with Crippen LogP contribution < -0.4 is 5.73 Å². The first kappa shape index (κ1) is 18.4. The van der Waals surface area contributed by atoms with Crippen molar-refractivity contribution in [3.8, 4) is 0 Å². The quantitative estimate of drug-likeness (QED) is 0.835. The van der Waals surface area contributed by atoms with Crippen molar-refractivity contribution in [2.75, 3.05) is 19.6 Å². The molecule has 1 aliphatic heterocycles. The first-order chi connectivity index (χ1) is 10.7. The zero-order valence-corrected chi connectivity index (χ0v) is 15.2. The molecule has 0 saturated carbocycles. The zero-order valence-electron chi connectivity index (χ0n) is 12.8. The van der Waals surface area contributed by atoms with Crippen molar-refractivity contribution < 1.29 is 4.39 Å². The summed E-state index contributed by atoms with van der Waals surface area (Å²) in [6, 6.07) is 15.8. The average molecular weight is 400 g/mol. The number of nitrogens with zero attached hydrogens (tertiary/aromatic N) is 1. The Morgan fingerprint density at radius 3 is 2.52 bits per heavy atom. The van der Waals surface area contributed by atoms with E-state index in [0.717, 1.165) is 23.1 Å². The number of nitrogens with two attached hydrogens (primary N) is 1. The molecule has 2 aromatic rings. The number of hydrogen-bond donors (Lipinski definition) is 1. The number of halogens is 3. The summed E-state index contributed by atoms with van der Waals surface area (Å²) in [5, 5.41) is 0. The molecule has 1 fully saturated rings. The van der Waals surface area contributed by atoms with Crippen molar-refractivity contribution >= 4 is 28.3 Å². The van der Waals surface area contributed by atoms with Gasteiger partial charge in [0.05, 0.1) is 0 Å². The van der Waals surface area contributed by atoms with Gasteiger partial charge in [-0.2, -0.15) is 0 Å². The summed E-state index contributed by atoms with van der Waals surface area (Å²) in [6.45, 7) is 3.16. The Hall–Kier alpha value is -0.940. The van der Waals surface area contributed by atoms with E-state index in [1.807, 2.05) is 18.2 Å². The second kappa shape index (κ2) is 8.25. The highest BCUT2D eigenvalue weighted by Gasteiger charge is 2.32. The van der Waals surface area contributed by atoms with Crippen LogP contribution in [0.5, 0.6) is 0 Å². The fourth-order valence-corrected chi connectivity index (χ4v) is 3.63. The Labute approximate surface area is 151 Å². The standard InChI is InChI=1S/C18H20BrFN2.ClH/c19-16-7-6-14(18(20)8-16)10-22-11-15(9-21)17(12-22)13-4-2-1-3-5-13;/h1-8,15,17H,9-12,21H2;1H/t15-,17+;/m1./s1. The number of hydrogen-bond acceptors (Lipinski definition) is 2. The molecule has 0 bridgehead atoms. The molecule has 124 valence electrons. The summed E-state index contributed by atoms with van der Waals surface area (Å²) in [4.78, 5) is 2.31. The van der Waals surface area contributed by atoms with Crippen LogP contribution in [-0.2, 0) is 6.54 Å². The van der Waals surface area contributed by atoms with E-state index in [4.69, 9.17) is 5.73 Å². The molecule has 0 spiro atoms. The van der Waals surface area contributed by atoms with Crippen molar-refractivity contribution in [2.45, 2.75) is 12.5 Å². The second-order valence-electron chi connectivity index (χ2n) is 5.94. The van der Waals surface area contributed by atoms with Crippen molar-refractivity contribution in [2.24, 2.45) is 11.7 Å². The van der Waals surface area contributed by atoms with Crippen LogP contribution in [0.15, 0.2) is 53.0 Å². The van der Waals surface area contributed by atoms with Crippen LogP contribution in [0.4, 0.5) is 4.39 Å². The van der Waals surface area contributed by atoms with E-state index in [9.17, 15) is 4.39 Å². The molecule has 2 atom stereocenters. The van der Waals surface area contributed by atoms with Crippen molar-refractivity contribution in [1.82, 2.24) is 4.90 Å². The van der Waals surface area contributed by atoms with E-state index >= 15 is 0 Å². The van der Waals surface area contributed by atoms with Crippen molar-refractivity contribution in [1.29, 1.82) is 0 Å². The summed E-state index contributed by atoms with van der Waals surface area (Å²) >= 11 is 3.30. The molecular formula is C18H21BrClFN2. The van der Waals surface area contributed by atoms with Gasteiger partial charge in [-0.1, -0.05) is 52.3 Å². The first-order valence-electron chi connectivity index (χ1n) is 7.58. The lowest BCUT2D eigenvalue weighted by molar-refractivity contribution is 0.311. The minimum Gasteiger partial charge on any atom is -0.330 e. The Morgan fingerprint density at radius 2 is 1.87 bits per heavy atom. The molecule has 3 rings (SSSR count). The molecule has 1 aliphatic rings. The van der Waals surface area contributed by atoms with Crippen LogP contribution in [0, 0.1) is 11.7 Å². The molecule has 0 aromatic heterocycles. The Morgan fingerprint density at radius 1 is 1.13 bits per heavy atom. The maximum Gasteiger partial charge on any atom is 0.128 e. The lowest BCUT2D eigenvalue weighted by Gasteiger charge is -2.17. The third-order valence-electron chi connectivity index (χ3n) is 4.46. The molecule has 23 heavy (non-hydrogen) atoms. The number of rotatable bonds is 4. The topological polar surface area (TPSA) is 29.3 Å². The van der Waals surface area contributed by atoms with E-state index in [0.29, 0.717) is 24.9 Å². The normalized spacial score (nSPS) is 21.2. The van der Waals surface area contributed by atoms with E-state index in [2.05, 4.69) is 45.1 Å². The third-order valence-corrected chi connectivity index (χ3v) is 4.95. The monoisotopic (exact) mass is 398 g/mol. The van der Waals surface area contributed by atoms with Gasteiger partial charge in [-0.3, -0.25) is 4.90 Å². The first-order valence-corrected chi connectivity index (χ1v) is 8.38. The molecule has 0 aliphatic carbocycles. The molecule has 2 nitrogen and oxygen atoms in total. The lowest BCUT2D eigenvalue weighted by atomic mass is 9.89. The highest BCUT2D eigenvalue weighted by Crippen LogP contribution is 2.33. The van der Waals surface area contributed by atoms with Gasteiger partial charge in [0, 0.05) is 35.6 Å². The molecule has 2 aromatic carbocycles. The average Bonchev–Trinajstić information content (AvgIpc) is 2.94. The van der Waals surface area contributed by atoms with Gasteiger partial charge in [0.1, 0.15) is 5.82 Å². The summed E-state index contributed by atoms with van der Waals surface area (Å²) in [6.07, 6.45) is 0. The second-order valence-corrected chi connectivity index (χ2v) is 6.86. The van der Waals surface area contributed by atoms with Crippen LogP contribution in [-0.4, -0.2) is 24.5 Å². The molecule has 0 amide bonds. The SMILES string of the molecule is Cl.NC[C@@H]1CN(Cc2ccc(Br)cc2F)C[C@H]1c1ccccc1. The maximum absolute atomic E-state index is 14.0. The molecule has 1 heterocycles. The zero-order chi connectivity index (χ0) is 15.5. The Kier molecular flexibility index (Phi) is 6.60. The fourth-order valence-electron chi connectivity index (χ4n) is 3.30. The molecule has 0 unspecified atom stereocenters. The van der Waals surface area contributed by atoms with Gasteiger partial charge in [-0.05, 0) is 30.2 Å². The summed E-state index contributed by atoms with van der Waals surface area (Å²) < 4.78 is 14.8. The van der Waals surface area contributed by atoms with E-state index < -0.39 is 0 Å². The van der Waals surface area contributed by atoms with E-state index in [-0.39, 0.29) is 18.2 Å². The van der Waals surface area contributed by atoms with Gasteiger partial charge in [0.15, 0.2) is 0 Å². The van der Waals surface area contributed by atoms with Crippen LogP contribution in [0.2, 0.25) is 0 Å². The minimum absolute atomic E-state index is 0. The molecular weight excluding hydrogens is 379 g/mol.